The maximum atomic E-state index is 14.3. The first-order valence-corrected chi connectivity index (χ1v) is 10.3. The molecule has 0 bridgehead atoms. The fraction of sp³-hybridized carbons (Fsp3) is 0.524. The molecule has 0 atom stereocenters. The van der Waals surface area contributed by atoms with Crippen LogP contribution in [0.25, 0.3) is 0 Å². The highest BCUT2D eigenvalue weighted by atomic mass is 35.5. The molecule has 2 fully saturated rings. The minimum absolute atomic E-state index is 0.272. The van der Waals surface area contributed by atoms with Crippen LogP contribution in [0.4, 0.5) is 10.1 Å². The third-order valence-corrected chi connectivity index (χ3v) is 5.85. The fourth-order valence-corrected chi connectivity index (χ4v) is 3.93. The fourth-order valence-electron chi connectivity index (χ4n) is 3.78. The Morgan fingerprint density at radius 1 is 1.24 bits per heavy atom. The van der Waals surface area contributed by atoms with E-state index >= 15 is 0 Å². The van der Waals surface area contributed by atoms with Crippen LogP contribution in [0.2, 0.25) is 5.15 Å². The molecular weight excluding hydrogens is 395 g/mol. The second-order valence-corrected chi connectivity index (χ2v) is 8.01. The maximum absolute atomic E-state index is 14.3. The summed E-state index contributed by atoms with van der Waals surface area (Å²) in [7, 11) is 0. The summed E-state index contributed by atoms with van der Waals surface area (Å²) in [5.41, 5.74) is 0.912. The SMILES string of the molecule is OCC1(F)CCN(c2cc(Cl)ncc2C#Cc2cnn(C3CCOCC3)c2)CC1. The number of piperidine rings is 1. The Balaban J connectivity index is 1.52. The standard InChI is InChI=1S/C21H24ClFN4O2/c22-20-11-19(26-7-5-21(23,15-28)6-8-26)17(13-24-20)2-1-16-12-25-27(14-16)18-3-9-29-10-4-18/h11-14,18,28H,3-10,15H2. The third kappa shape index (κ3) is 4.72. The van der Waals surface area contributed by atoms with Crippen LogP contribution in [-0.4, -0.2) is 58.4 Å². The number of hydrogen-bond acceptors (Lipinski definition) is 5. The Labute approximate surface area is 174 Å². The first-order valence-electron chi connectivity index (χ1n) is 9.90. The van der Waals surface area contributed by atoms with Gasteiger partial charge in [0.1, 0.15) is 10.8 Å². The van der Waals surface area contributed by atoms with Crippen LogP contribution in [0.3, 0.4) is 0 Å². The van der Waals surface area contributed by atoms with E-state index in [4.69, 9.17) is 16.3 Å². The molecule has 1 N–H and O–H groups in total. The van der Waals surface area contributed by atoms with Crippen molar-refractivity contribution < 1.29 is 14.2 Å². The van der Waals surface area contributed by atoms with E-state index in [1.54, 1.807) is 18.5 Å². The van der Waals surface area contributed by atoms with Gasteiger partial charge in [0.15, 0.2) is 0 Å². The number of anilines is 1. The third-order valence-electron chi connectivity index (χ3n) is 5.64. The van der Waals surface area contributed by atoms with Crippen LogP contribution >= 0.6 is 11.6 Å². The van der Waals surface area contributed by atoms with E-state index in [0.29, 0.717) is 24.3 Å². The topological polar surface area (TPSA) is 63.4 Å². The average Bonchev–Trinajstić information content (AvgIpc) is 3.23. The van der Waals surface area contributed by atoms with Crippen LogP contribution in [0.1, 0.15) is 42.9 Å². The van der Waals surface area contributed by atoms with Gasteiger partial charge in [0.2, 0.25) is 0 Å². The van der Waals surface area contributed by atoms with E-state index in [1.807, 2.05) is 10.9 Å². The zero-order chi connectivity index (χ0) is 20.3. The van der Waals surface area contributed by atoms with E-state index in [1.165, 1.54) is 0 Å². The van der Waals surface area contributed by atoms with Crippen LogP contribution < -0.4 is 4.90 Å². The molecule has 4 rings (SSSR count). The van der Waals surface area contributed by atoms with Gasteiger partial charge in [-0.3, -0.25) is 4.68 Å². The van der Waals surface area contributed by atoms with E-state index in [-0.39, 0.29) is 12.8 Å². The van der Waals surface area contributed by atoms with Crippen molar-refractivity contribution in [2.24, 2.45) is 0 Å². The highest BCUT2D eigenvalue weighted by molar-refractivity contribution is 6.29. The van der Waals surface area contributed by atoms with Gasteiger partial charge >= 0.3 is 0 Å². The molecule has 2 aliphatic heterocycles. The lowest BCUT2D eigenvalue weighted by Gasteiger charge is -2.37. The van der Waals surface area contributed by atoms with Crippen LogP contribution in [0.15, 0.2) is 24.7 Å². The molecule has 2 aliphatic rings. The molecular formula is C21H24ClFN4O2. The number of halogens is 2. The zero-order valence-electron chi connectivity index (χ0n) is 16.2. The Hall–Kier alpha value is -2.14. The highest BCUT2D eigenvalue weighted by Gasteiger charge is 2.34. The second-order valence-electron chi connectivity index (χ2n) is 7.62. The van der Waals surface area contributed by atoms with E-state index in [2.05, 4.69) is 26.8 Å². The highest BCUT2D eigenvalue weighted by Crippen LogP contribution is 2.31. The number of aromatic nitrogens is 3. The van der Waals surface area contributed by atoms with Crippen LogP contribution in [0, 0.1) is 11.8 Å². The van der Waals surface area contributed by atoms with Gasteiger partial charge in [0.05, 0.1) is 35.7 Å². The predicted molar refractivity (Wildman–Crippen MR) is 109 cm³/mol. The van der Waals surface area contributed by atoms with Crippen molar-refractivity contribution in [3.63, 3.8) is 0 Å². The number of pyridine rings is 1. The zero-order valence-corrected chi connectivity index (χ0v) is 16.9. The largest absolute Gasteiger partial charge is 0.393 e. The van der Waals surface area contributed by atoms with Crippen LogP contribution in [-0.2, 0) is 4.74 Å². The molecule has 4 heterocycles. The second kappa shape index (κ2) is 8.70. The van der Waals surface area contributed by atoms with Crippen molar-refractivity contribution in [1.29, 1.82) is 0 Å². The summed E-state index contributed by atoms with van der Waals surface area (Å²) in [6.45, 7) is 2.07. The number of aliphatic hydroxyl groups is 1. The predicted octanol–water partition coefficient (Wildman–Crippen LogP) is 2.98. The van der Waals surface area contributed by atoms with Crippen molar-refractivity contribution in [2.45, 2.75) is 37.4 Å². The lowest BCUT2D eigenvalue weighted by atomic mass is 9.94. The molecule has 2 aromatic heterocycles. The molecule has 29 heavy (non-hydrogen) atoms. The quantitative estimate of drug-likeness (QED) is 0.613. The minimum Gasteiger partial charge on any atom is -0.393 e. The van der Waals surface area contributed by atoms with Gasteiger partial charge in [-0.15, -0.1) is 0 Å². The molecule has 0 radical (unpaired) electrons. The number of nitrogens with zero attached hydrogens (tertiary/aromatic N) is 4. The van der Waals surface area contributed by atoms with Gasteiger partial charge in [0.25, 0.3) is 0 Å². The Morgan fingerprint density at radius 2 is 2.00 bits per heavy atom. The molecule has 2 aromatic rings. The van der Waals surface area contributed by atoms with Crippen molar-refractivity contribution in [3.05, 3.63) is 40.9 Å². The van der Waals surface area contributed by atoms with Gasteiger partial charge in [-0.2, -0.15) is 5.10 Å². The van der Waals surface area contributed by atoms with Gasteiger partial charge in [0, 0.05) is 57.6 Å². The molecule has 0 aliphatic carbocycles. The first-order chi connectivity index (χ1) is 14.1. The van der Waals surface area contributed by atoms with Gasteiger partial charge in [-0.25, -0.2) is 9.37 Å². The molecule has 154 valence electrons. The molecule has 8 heteroatoms. The lowest BCUT2D eigenvalue weighted by molar-refractivity contribution is 0.0481. The van der Waals surface area contributed by atoms with Crippen molar-refractivity contribution in [2.75, 3.05) is 37.8 Å². The molecule has 0 amide bonds. The summed E-state index contributed by atoms with van der Waals surface area (Å²) in [5.74, 6) is 6.33. The number of aliphatic hydroxyl groups excluding tert-OH is 1. The Bertz CT molecular complexity index is 909. The molecule has 0 aromatic carbocycles. The Morgan fingerprint density at radius 3 is 2.72 bits per heavy atom. The van der Waals surface area contributed by atoms with Crippen molar-refractivity contribution in [3.8, 4) is 11.8 Å². The monoisotopic (exact) mass is 418 g/mol. The molecule has 0 saturated carbocycles. The number of rotatable bonds is 3. The minimum atomic E-state index is -1.50. The molecule has 2 saturated heterocycles. The van der Waals surface area contributed by atoms with Crippen molar-refractivity contribution in [1.82, 2.24) is 14.8 Å². The number of ether oxygens (including phenoxy) is 1. The van der Waals surface area contributed by atoms with Crippen LogP contribution in [0.5, 0.6) is 0 Å². The number of hydrogen-bond donors (Lipinski definition) is 1. The lowest BCUT2D eigenvalue weighted by Crippen LogP contribution is -2.44. The normalized spacial score (nSPS) is 19.6. The summed E-state index contributed by atoms with van der Waals surface area (Å²) in [4.78, 5) is 6.21. The summed E-state index contributed by atoms with van der Waals surface area (Å²) < 4.78 is 21.7. The number of alkyl halides is 1. The van der Waals surface area contributed by atoms with E-state index in [9.17, 15) is 9.50 Å². The maximum Gasteiger partial charge on any atom is 0.137 e. The van der Waals surface area contributed by atoms with Crippen molar-refractivity contribution >= 4 is 17.3 Å². The van der Waals surface area contributed by atoms with Gasteiger partial charge in [-0.05, 0) is 12.8 Å². The molecule has 6 nitrogen and oxygen atoms in total. The summed E-state index contributed by atoms with van der Waals surface area (Å²) in [5, 5.41) is 14.1. The Kier molecular flexibility index (Phi) is 6.04. The summed E-state index contributed by atoms with van der Waals surface area (Å²) in [6, 6.07) is 2.12. The van der Waals surface area contributed by atoms with E-state index < -0.39 is 12.3 Å². The molecule has 0 unspecified atom stereocenters. The average molecular weight is 419 g/mol. The molecule has 0 spiro atoms. The van der Waals surface area contributed by atoms with E-state index in [0.717, 1.165) is 42.9 Å². The van der Waals surface area contributed by atoms with Gasteiger partial charge in [-0.1, -0.05) is 23.4 Å². The first kappa shape index (κ1) is 20.1. The summed E-state index contributed by atoms with van der Waals surface area (Å²) >= 11 is 6.10. The smallest absolute Gasteiger partial charge is 0.137 e. The summed E-state index contributed by atoms with van der Waals surface area (Å²) in [6.07, 6.45) is 7.84. The van der Waals surface area contributed by atoms with Gasteiger partial charge < -0.3 is 14.7 Å².